The van der Waals surface area contributed by atoms with E-state index in [1.54, 1.807) is 18.3 Å². The Morgan fingerprint density at radius 2 is 1.97 bits per heavy atom. The number of carbonyl (C=O) groups is 1. The first kappa shape index (κ1) is 23.7. The molecule has 0 saturated heterocycles. The average molecular weight is 471 g/mol. The van der Waals surface area contributed by atoms with Gasteiger partial charge in [-0.2, -0.15) is 0 Å². The van der Waals surface area contributed by atoms with Gasteiger partial charge in [0.2, 0.25) is 0 Å². The summed E-state index contributed by atoms with van der Waals surface area (Å²) in [6, 6.07) is 11.0. The van der Waals surface area contributed by atoms with Crippen LogP contribution in [0, 0.1) is 17.5 Å². The summed E-state index contributed by atoms with van der Waals surface area (Å²) in [7, 11) is 1.48. The van der Waals surface area contributed by atoms with Crippen LogP contribution in [-0.2, 0) is 17.6 Å². The second kappa shape index (κ2) is 10.2. The summed E-state index contributed by atoms with van der Waals surface area (Å²) < 4.78 is 45.3. The molecule has 178 valence electrons. The molecular weight excluding hydrogens is 447 g/mol. The first-order valence-corrected chi connectivity index (χ1v) is 10.8. The third-order valence-corrected chi connectivity index (χ3v) is 5.67. The van der Waals surface area contributed by atoms with E-state index in [4.69, 9.17) is 4.74 Å². The van der Waals surface area contributed by atoms with Gasteiger partial charge in [-0.15, -0.1) is 0 Å². The number of aliphatic hydroxyl groups excluding tert-OH is 1. The highest BCUT2D eigenvalue weighted by Gasteiger charge is 2.25. The van der Waals surface area contributed by atoms with Crippen molar-refractivity contribution >= 4 is 17.3 Å². The van der Waals surface area contributed by atoms with Gasteiger partial charge in [-0.05, 0) is 53.9 Å². The number of aliphatic hydroxyl groups is 1. The fraction of sp³-hybridized carbons (Fsp3) is 0.280. The van der Waals surface area contributed by atoms with E-state index < -0.39 is 23.6 Å². The van der Waals surface area contributed by atoms with Crippen LogP contribution in [0.15, 0.2) is 48.7 Å². The lowest BCUT2D eigenvalue weighted by atomic mass is 10.0. The molecule has 1 aromatic heterocycles. The Hall–Kier alpha value is -3.43. The lowest BCUT2D eigenvalue weighted by molar-refractivity contribution is 0.0609. The van der Waals surface area contributed by atoms with E-state index >= 15 is 0 Å². The van der Waals surface area contributed by atoms with Crippen molar-refractivity contribution in [3.05, 3.63) is 88.5 Å². The first-order valence-electron chi connectivity index (χ1n) is 10.8. The number of fused-ring (bicyclic) bond motifs is 1. The molecule has 1 atom stereocenters. The number of hydrogen-bond donors (Lipinski definition) is 2. The largest absolute Gasteiger partial charge is 0.389 e. The van der Waals surface area contributed by atoms with Gasteiger partial charge in [-0.3, -0.25) is 9.78 Å². The predicted octanol–water partition coefficient (Wildman–Crippen LogP) is 3.52. The van der Waals surface area contributed by atoms with Gasteiger partial charge >= 0.3 is 0 Å². The van der Waals surface area contributed by atoms with Gasteiger partial charge in [-0.25, -0.2) is 13.2 Å². The quantitative estimate of drug-likeness (QED) is 0.492. The summed E-state index contributed by atoms with van der Waals surface area (Å²) in [6.45, 7) is 0.843. The number of aromatic nitrogens is 1. The van der Waals surface area contributed by atoms with Gasteiger partial charge in [0, 0.05) is 55.4 Å². The van der Waals surface area contributed by atoms with Crippen molar-refractivity contribution in [1.29, 1.82) is 0 Å². The monoisotopic (exact) mass is 471 g/mol. The fourth-order valence-electron chi connectivity index (χ4n) is 4.12. The van der Waals surface area contributed by atoms with Crippen LogP contribution in [0.2, 0.25) is 0 Å². The van der Waals surface area contributed by atoms with E-state index in [0.717, 1.165) is 29.1 Å². The number of halogens is 3. The maximum absolute atomic E-state index is 13.6. The van der Waals surface area contributed by atoms with Gasteiger partial charge in [0.05, 0.1) is 12.7 Å². The second-order valence-corrected chi connectivity index (χ2v) is 8.08. The fourth-order valence-corrected chi connectivity index (χ4v) is 4.12. The standard InChI is InChI=1S/C25H24F3N3O3/c1-34-14-18(32)13-30-25(33)20-3-2-4-23-19(20)6-8-31(23)17-5-7-29-16(12-17)9-15-10-21(26)24(28)22(27)11-15/h2-5,7,10-12,18,32H,6,8-9,13-14H2,1H3,(H,30,33)/t18-/m1/s1. The van der Waals surface area contributed by atoms with Crippen LogP contribution in [-0.4, -0.2) is 48.9 Å². The Kier molecular flexibility index (Phi) is 7.14. The normalized spacial score (nSPS) is 13.6. The Balaban J connectivity index is 1.54. The molecule has 2 N–H and O–H groups in total. The molecule has 1 aliphatic heterocycles. The number of methoxy groups -OCH3 is 1. The zero-order chi connectivity index (χ0) is 24.2. The highest BCUT2D eigenvalue weighted by molar-refractivity contribution is 5.98. The summed E-state index contributed by atoms with van der Waals surface area (Å²) in [5, 5.41) is 12.5. The first-order chi connectivity index (χ1) is 16.4. The summed E-state index contributed by atoms with van der Waals surface area (Å²) in [5.41, 5.74) is 3.97. The molecule has 0 unspecified atom stereocenters. The Labute approximate surface area is 195 Å². The molecule has 34 heavy (non-hydrogen) atoms. The molecule has 1 aliphatic rings. The molecule has 3 aromatic rings. The zero-order valence-corrected chi connectivity index (χ0v) is 18.5. The minimum atomic E-state index is -1.49. The van der Waals surface area contributed by atoms with Crippen molar-refractivity contribution < 1.29 is 27.8 Å². The SMILES string of the molecule is COC[C@H](O)CNC(=O)c1cccc2c1CCN2c1ccnc(Cc2cc(F)c(F)c(F)c2)c1. The van der Waals surface area contributed by atoms with Crippen LogP contribution in [0.4, 0.5) is 24.5 Å². The zero-order valence-electron chi connectivity index (χ0n) is 18.5. The van der Waals surface area contributed by atoms with Crippen LogP contribution in [0.3, 0.4) is 0 Å². The number of nitrogens with one attached hydrogen (secondary N) is 1. The molecule has 0 bridgehead atoms. The maximum atomic E-state index is 13.6. The number of ether oxygens (including phenoxy) is 1. The van der Waals surface area contributed by atoms with Crippen LogP contribution in [0.25, 0.3) is 0 Å². The van der Waals surface area contributed by atoms with Crippen molar-refractivity contribution in [1.82, 2.24) is 10.3 Å². The average Bonchev–Trinajstić information content (AvgIpc) is 3.26. The minimum absolute atomic E-state index is 0.0817. The van der Waals surface area contributed by atoms with E-state index in [1.807, 2.05) is 23.1 Å². The Morgan fingerprint density at radius 3 is 2.71 bits per heavy atom. The summed E-state index contributed by atoms with van der Waals surface area (Å²) in [4.78, 5) is 19.0. The van der Waals surface area contributed by atoms with Gasteiger partial charge in [0.1, 0.15) is 0 Å². The second-order valence-electron chi connectivity index (χ2n) is 8.08. The van der Waals surface area contributed by atoms with Crippen molar-refractivity contribution in [2.24, 2.45) is 0 Å². The third kappa shape index (κ3) is 5.05. The van der Waals surface area contributed by atoms with Crippen LogP contribution < -0.4 is 10.2 Å². The molecule has 6 nitrogen and oxygen atoms in total. The number of benzene rings is 2. The van der Waals surface area contributed by atoms with E-state index in [2.05, 4.69) is 10.3 Å². The number of anilines is 2. The molecule has 0 spiro atoms. The molecule has 0 fully saturated rings. The predicted molar refractivity (Wildman–Crippen MR) is 121 cm³/mol. The third-order valence-electron chi connectivity index (χ3n) is 5.67. The van der Waals surface area contributed by atoms with E-state index in [0.29, 0.717) is 24.2 Å². The van der Waals surface area contributed by atoms with Gasteiger partial charge in [-0.1, -0.05) is 6.07 Å². The summed E-state index contributed by atoms with van der Waals surface area (Å²) in [6.07, 6.45) is 1.59. The van der Waals surface area contributed by atoms with E-state index in [9.17, 15) is 23.1 Å². The lowest BCUT2D eigenvalue weighted by Gasteiger charge is -2.20. The van der Waals surface area contributed by atoms with Gasteiger partial charge in [0.15, 0.2) is 17.5 Å². The summed E-state index contributed by atoms with van der Waals surface area (Å²) >= 11 is 0. The van der Waals surface area contributed by atoms with Crippen molar-refractivity contribution in [3.8, 4) is 0 Å². The smallest absolute Gasteiger partial charge is 0.251 e. The van der Waals surface area contributed by atoms with Crippen molar-refractivity contribution in [3.63, 3.8) is 0 Å². The molecule has 0 radical (unpaired) electrons. The molecule has 9 heteroatoms. The maximum Gasteiger partial charge on any atom is 0.251 e. The van der Waals surface area contributed by atoms with E-state index in [1.165, 1.54) is 7.11 Å². The molecule has 4 rings (SSSR count). The highest BCUT2D eigenvalue weighted by atomic mass is 19.2. The van der Waals surface area contributed by atoms with Crippen molar-refractivity contribution in [2.45, 2.75) is 18.9 Å². The number of carbonyl (C=O) groups excluding carboxylic acids is 1. The molecule has 2 heterocycles. The van der Waals surface area contributed by atoms with Gasteiger partial charge < -0.3 is 20.1 Å². The number of amides is 1. The van der Waals surface area contributed by atoms with Crippen LogP contribution in [0.1, 0.15) is 27.2 Å². The lowest BCUT2D eigenvalue weighted by Crippen LogP contribution is -2.34. The number of rotatable bonds is 8. The van der Waals surface area contributed by atoms with E-state index in [-0.39, 0.29) is 31.0 Å². The Bertz CT molecular complexity index is 1180. The van der Waals surface area contributed by atoms with Crippen molar-refractivity contribution in [2.75, 3.05) is 31.7 Å². The highest BCUT2D eigenvalue weighted by Crippen LogP contribution is 2.36. The number of pyridine rings is 1. The van der Waals surface area contributed by atoms with Crippen LogP contribution in [0.5, 0.6) is 0 Å². The molecular formula is C25H24F3N3O3. The number of hydrogen-bond acceptors (Lipinski definition) is 5. The molecule has 0 aliphatic carbocycles. The molecule has 0 saturated carbocycles. The van der Waals surface area contributed by atoms with Gasteiger partial charge in [0.25, 0.3) is 5.91 Å². The number of nitrogens with zero attached hydrogens (tertiary/aromatic N) is 2. The van der Waals surface area contributed by atoms with Crippen LogP contribution >= 0.6 is 0 Å². The topological polar surface area (TPSA) is 74.7 Å². The molecule has 2 aromatic carbocycles. The minimum Gasteiger partial charge on any atom is -0.389 e. The summed E-state index contributed by atoms with van der Waals surface area (Å²) in [5.74, 6) is -4.24. The Morgan fingerprint density at radius 1 is 1.21 bits per heavy atom. The molecule has 1 amide bonds.